The molecule has 0 spiro atoms. The molecule has 0 amide bonds. The van der Waals surface area contributed by atoms with Gasteiger partial charge >= 0.3 is 0 Å². The van der Waals surface area contributed by atoms with E-state index in [1.54, 1.807) is 6.92 Å². The summed E-state index contributed by atoms with van der Waals surface area (Å²) in [7, 11) is 0.451. The van der Waals surface area contributed by atoms with Crippen molar-refractivity contribution in [3.8, 4) is 0 Å². The van der Waals surface area contributed by atoms with Gasteiger partial charge in [-0.3, -0.25) is 9.59 Å². The Kier molecular flexibility index (Phi) is 8.11. The van der Waals surface area contributed by atoms with Gasteiger partial charge in [-0.15, -0.1) is 0 Å². The Labute approximate surface area is 99.9 Å². The first-order valence-electron chi connectivity index (χ1n) is 5.72. The van der Waals surface area contributed by atoms with E-state index in [4.69, 9.17) is 5.11 Å². The van der Waals surface area contributed by atoms with Crippen LogP contribution >= 0.6 is 0 Å². The Balaban J connectivity index is 3.61. The maximum Gasteiger partial charge on any atom is 0.291 e. The number of hydrogen-bond acceptors (Lipinski definition) is 4. The summed E-state index contributed by atoms with van der Waals surface area (Å²) >= 11 is 0. The van der Waals surface area contributed by atoms with Gasteiger partial charge in [0.1, 0.15) is 5.78 Å². The molecule has 0 rings (SSSR count). The van der Waals surface area contributed by atoms with Crippen LogP contribution in [0.25, 0.3) is 0 Å². The molecular weight excluding hydrogens is 224 g/mol. The van der Waals surface area contributed by atoms with Crippen molar-refractivity contribution in [1.29, 1.82) is 0 Å². The summed E-state index contributed by atoms with van der Waals surface area (Å²) in [5, 5.41) is 9.04. The lowest BCUT2D eigenvalue weighted by molar-refractivity contribution is -0.134. The van der Waals surface area contributed by atoms with Crippen LogP contribution in [0.2, 0.25) is 0 Å². The van der Waals surface area contributed by atoms with Gasteiger partial charge in [-0.1, -0.05) is 6.92 Å². The van der Waals surface area contributed by atoms with Gasteiger partial charge < -0.3 is 9.53 Å². The van der Waals surface area contributed by atoms with Crippen LogP contribution in [-0.4, -0.2) is 33.4 Å². The Morgan fingerprint density at radius 1 is 1.31 bits per heavy atom. The number of carbonyl (C=O) groups is 2. The van der Waals surface area contributed by atoms with Crippen molar-refractivity contribution < 1.29 is 19.1 Å². The van der Waals surface area contributed by atoms with E-state index in [-0.39, 0.29) is 24.1 Å². The first-order chi connectivity index (χ1) is 7.45. The van der Waals surface area contributed by atoms with Crippen LogP contribution in [0.1, 0.15) is 46.0 Å². The van der Waals surface area contributed by atoms with Crippen molar-refractivity contribution in [3.05, 3.63) is 0 Å². The number of Topliss-reactive ketones (excluding diaryl/α,β-unsaturated/α-hetero) is 1. The van der Waals surface area contributed by atoms with Gasteiger partial charge in [0.15, 0.2) is 0 Å². The normalized spacial score (nSPS) is 14.4. The van der Waals surface area contributed by atoms with Crippen molar-refractivity contribution >= 4 is 22.2 Å². The molecule has 0 aliphatic heterocycles. The molecule has 5 heteroatoms. The maximum absolute atomic E-state index is 11.4. The van der Waals surface area contributed by atoms with Crippen LogP contribution in [0.5, 0.6) is 0 Å². The minimum Gasteiger partial charge on any atom is -0.529 e. The molecule has 0 saturated carbocycles. The zero-order valence-electron chi connectivity index (χ0n) is 10.4. The molecule has 16 heavy (non-hydrogen) atoms. The van der Waals surface area contributed by atoms with E-state index in [2.05, 4.69) is 4.43 Å². The average Bonchev–Trinajstić information content (AvgIpc) is 2.15. The smallest absolute Gasteiger partial charge is 0.291 e. The van der Waals surface area contributed by atoms with E-state index in [9.17, 15) is 9.59 Å². The fraction of sp³-hybridized carbons (Fsp3) is 0.818. The Morgan fingerprint density at radius 2 is 1.94 bits per heavy atom. The molecule has 0 heterocycles. The first-order valence-corrected chi connectivity index (χ1v) is 6.54. The molecule has 0 bridgehead atoms. The van der Waals surface area contributed by atoms with E-state index in [0.29, 0.717) is 23.3 Å². The number of ketones is 1. The van der Waals surface area contributed by atoms with Crippen molar-refractivity contribution in [2.24, 2.45) is 5.92 Å². The summed E-state index contributed by atoms with van der Waals surface area (Å²) in [5.41, 5.74) is 0. The number of rotatable bonds is 8. The second-order valence-corrected chi connectivity index (χ2v) is 4.78. The van der Waals surface area contributed by atoms with Crippen LogP contribution in [0.3, 0.4) is 0 Å². The van der Waals surface area contributed by atoms with Crippen molar-refractivity contribution in [3.63, 3.8) is 0 Å². The summed E-state index contributed by atoms with van der Waals surface area (Å²) in [4.78, 5) is 22.2. The van der Waals surface area contributed by atoms with Gasteiger partial charge in [0.25, 0.3) is 5.97 Å². The molecule has 0 saturated heterocycles. The Morgan fingerprint density at radius 3 is 2.44 bits per heavy atom. The third kappa shape index (κ3) is 8.61. The highest BCUT2D eigenvalue weighted by Gasteiger charge is 2.11. The quantitative estimate of drug-likeness (QED) is 0.628. The lowest BCUT2D eigenvalue weighted by Crippen LogP contribution is -2.12. The first kappa shape index (κ1) is 15.3. The van der Waals surface area contributed by atoms with E-state index >= 15 is 0 Å². The van der Waals surface area contributed by atoms with Crippen molar-refractivity contribution in [2.45, 2.75) is 52.1 Å². The molecule has 94 valence electrons. The number of aliphatic hydroxyl groups is 1. The van der Waals surface area contributed by atoms with Crippen LogP contribution in [0.15, 0.2) is 0 Å². The highest BCUT2D eigenvalue weighted by molar-refractivity contribution is 6.05. The van der Waals surface area contributed by atoms with Gasteiger partial charge in [0, 0.05) is 19.3 Å². The second kappa shape index (κ2) is 8.47. The third-order valence-electron chi connectivity index (χ3n) is 2.40. The largest absolute Gasteiger partial charge is 0.529 e. The predicted molar refractivity (Wildman–Crippen MR) is 65.0 cm³/mol. The standard InChI is InChI=1S/C11H22O4Si/c1-8(4-3-5-11(14)15-16)6-10(13)7-9(2)12/h8-9,12H,3-7H2,1-2,16H3. The maximum atomic E-state index is 11.4. The highest BCUT2D eigenvalue weighted by Crippen LogP contribution is 2.14. The molecule has 4 nitrogen and oxygen atoms in total. The van der Waals surface area contributed by atoms with Crippen LogP contribution < -0.4 is 0 Å². The molecule has 2 unspecified atom stereocenters. The topological polar surface area (TPSA) is 63.6 Å². The zero-order valence-corrected chi connectivity index (χ0v) is 12.4. The monoisotopic (exact) mass is 246 g/mol. The van der Waals surface area contributed by atoms with Crippen molar-refractivity contribution in [1.82, 2.24) is 0 Å². The number of carbonyl (C=O) groups excluding carboxylic acids is 2. The zero-order chi connectivity index (χ0) is 12.6. The van der Waals surface area contributed by atoms with Gasteiger partial charge in [0.2, 0.25) is 10.5 Å². The average molecular weight is 246 g/mol. The molecule has 0 aliphatic rings. The lowest BCUT2D eigenvalue weighted by Gasteiger charge is -2.10. The van der Waals surface area contributed by atoms with E-state index in [0.717, 1.165) is 12.8 Å². The van der Waals surface area contributed by atoms with Crippen LogP contribution in [0.4, 0.5) is 0 Å². The summed E-state index contributed by atoms with van der Waals surface area (Å²) in [6, 6.07) is 0. The molecular formula is C11H22O4Si. The van der Waals surface area contributed by atoms with Crippen molar-refractivity contribution in [2.75, 3.05) is 0 Å². The number of aliphatic hydroxyl groups excluding tert-OH is 1. The number of hydrogen-bond donors (Lipinski definition) is 1. The predicted octanol–water partition coefficient (Wildman–Crippen LogP) is 0.346. The minimum absolute atomic E-state index is 0.0907. The molecule has 1 N–H and O–H groups in total. The lowest BCUT2D eigenvalue weighted by atomic mass is 9.96. The molecule has 2 atom stereocenters. The van der Waals surface area contributed by atoms with Gasteiger partial charge in [-0.2, -0.15) is 0 Å². The fourth-order valence-corrected chi connectivity index (χ4v) is 1.80. The molecule has 0 fully saturated rings. The van der Waals surface area contributed by atoms with Gasteiger partial charge in [-0.25, -0.2) is 0 Å². The molecule has 0 aromatic rings. The van der Waals surface area contributed by atoms with Gasteiger partial charge in [0.05, 0.1) is 6.10 Å². The molecule has 0 aromatic carbocycles. The summed E-state index contributed by atoms with van der Waals surface area (Å²) in [6.07, 6.45) is 2.22. The van der Waals surface area contributed by atoms with E-state index in [1.807, 2.05) is 6.92 Å². The highest BCUT2D eigenvalue weighted by atomic mass is 28.2. The minimum atomic E-state index is -0.556. The second-order valence-electron chi connectivity index (χ2n) is 4.37. The van der Waals surface area contributed by atoms with Crippen LogP contribution in [-0.2, 0) is 14.0 Å². The van der Waals surface area contributed by atoms with Crippen LogP contribution in [0, 0.1) is 5.92 Å². The molecule has 0 radical (unpaired) electrons. The van der Waals surface area contributed by atoms with Gasteiger partial charge in [-0.05, 0) is 25.7 Å². The Bertz CT molecular complexity index is 228. The molecule has 0 aliphatic carbocycles. The van der Waals surface area contributed by atoms with E-state index < -0.39 is 6.10 Å². The third-order valence-corrected chi connectivity index (χ3v) is 2.86. The summed E-state index contributed by atoms with van der Waals surface area (Å²) in [6.45, 7) is 3.61. The molecule has 0 aromatic heterocycles. The van der Waals surface area contributed by atoms with E-state index in [1.165, 1.54) is 0 Å². The fourth-order valence-electron chi connectivity index (χ4n) is 1.60. The SMILES string of the molecule is CC(O)CC(=O)CC(C)CCCC(=O)O[SiH3]. The summed E-state index contributed by atoms with van der Waals surface area (Å²) in [5.74, 6) is 0.218. The Hall–Kier alpha value is -0.683. The summed E-state index contributed by atoms with van der Waals surface area (Å²) < 4.78 is 4.67.